The summed E-state index contributed by atoms with van der Waals surface area (Å²) in [5.74, 6) is -0.0477. The Morgan fingerprint density at radius 2 is 1.25 bits per heavy atom. The summed E-state index contributed by atoms with van der Waals surface area (Å²) in [5.41, 5.74) is 2.29. The van der Waals surface area contributed by atoms with E-state index in [2.05, 4.69) is 18.7 Å². The van der Waals surface area contributed by atoms with Crippen LogP contribution in [0, 0.1) is 0 Å². The van der Waals surface area contributed by atoms with Crippen molar-refractivity contribution in [3.63, 3.8) is 0 Å². The van der Waals surface area contributed by atoms with E-state index in [9.17, 15) is 20.4 Å². The number of aliphatic hydroxyl groups is 3. The number of aromatic hydroxyl groups is 1. The Kier molecular flexibility index (Phi) is 13.4. The van der Waals surface area contributed by atoms with E-state index in [-0.39, 0.29) is 25.6 Å². The van der Waals surface area contributed by atoms with Crippen LogP contribution in [-0.2, 0) is 26.2 Å². The summed E-state index contributed by atoms with van der Waals surface area (Å²) in [4.78, 5) is 0. The number of benzene rings is 1. The van der Waals surface area contributed by atoms with Gasteiger partial charge in [0.25, 0.3) is 0 Å². The van der Waals surface area contributed by atoms with Crippen LogP contribution in [0.3, 0.4) is 0 Å². The second kappa shape index (κ2) is 15.3. The van der Waals surface area contributed by atoms with Gasteiger partial charge in [-0.25, -0.2) is 0 Å². The van der Waals surface area contributed by atoms with E-state index in [1.165, 1.54) is 25.7 Å². The lowest BCUT2D eigenvalue weighted by Gasteiger charge is -2.17. The van der Waals surface area contributed by atoms with Crippen molar-refractivity contribution >= 4 is 0 Å². The third-order valence-corrected chi connectivity index (χ3v) is 5.18. The Morgan fingerprint density at radius 3 is 1.86 bits per heavy atom. The molecule has 4 heteroatoms. The molecule has 1 aromatic rings. The van der Waals surface area contributed by atoms with E-state index in [1.807, 2.05) is 6.08 Å². The highest BCUT2D eigenvalue weighted by atomic mass is 16.3. The molecule has 158 valence electrons. The summed E-state index contributed by atoms with van der Waals surface area (Å²) >= 11 is 0. The summed E-state index contributed by atoms with van der Waals surface area (Å²) < 4.78 is 0. The monoisotopic (exact) mass is 390 g/mol. The summed E-state index contributed by atoms with van der Waals surface area (Å²) in [7, 11) is 0. The minimum atomic E-state index is -0.310. The van der Waals surface area contributed by atoms with Gasteiger partial charge in [0.2, 0.25) is 0 Å². The maximum atomic E-state index is 10.2. The fraction of sp³-hybridized carbons (Fsp3) is 0.583. The van der Waals surface area contributed by atoms with Crippen molar-refractivity contribution in [1.82, 2.24) is 0 Å². The van der Waals surface area contributed by atoms with Gasteiger partial charge >= 0.3 is 0 Å². The van der Waals surface area contributed by atoms with Crippen molar-refractivity contribution in [3.8, 4) is 5.75 Å². The van der Waals surface area contributed by atoms with Crippen molar-refractivity contribution in [2.24, 2.45) is 0 Å². The zero-order chi connectivity index (χ0) is 20.6. The molecule has 1 rings (SSSR count). The first kappa shape index (κ1) is 24.4. The molecule has 0 aliphatic carbocycles. The Balaban J connectivity index is 2.28. The molecule has 0 aromatic heterocycles. The van der Waals surface area contributed by atoms with Crippen molar-refractivity contribution in [2.75, 3.05) is 0 Å². The SMILES string of the molecule is C=CCCCC/C=C\CCCCCCCc1c(CO)cc(CO)c(O)c1CO. The molecule has 1 aromatic carbocycles. The van der Waals surface area contributed by atoms with Gasteiger partial charge in [0.1, 0.15) is 5.75 Å². The average Bonchev–Trinajstić information content (AvgIpc) is 2.71. The fourth-order valence-electron chi connectivity index (χ4n) is 3.52. The van der Waals surface area contributed by atoms with E-state index in [4.69, 9.17) is 0 Å². The van der Waals surface area contributed by atoms with Crippen LogP contribution in [0.1, 0.15) is 86.5 Å². The molecule has 0 radical (unpaired) electrons. The first-order valence-electron chi connectivity index (χ1n) is 10.6. The molecule has 0 spiro atoms. The highest BCUT2D eigenvalue weighted by Gasteiger charge is 2.16. The molecule has 0 atom stereocenters. The van der Waals surface area contributed by atoms with Crippen LogP contribution in [0.2, 0.25) is 0 Å². The molecule has 0 aliphatic heterocycles. The largest absolute Gasteiger partial charge is 0.507 e. The molecule has 0 unspecified atom stereocenters. The topological polar surface area (TPSA) is 80.9 Å². The van der Waals surface area contributed by atoms with Gasteiger partial charge in [0, 0.05) is 11.1 Å². The number of allylic oxidation sites excluding steroid dienone is 3. The van der Waals surface area contributed by atoms with Gasteiger partial charge in [-0.2, -0.15) is 0 Å². The second-order valence-electron chi connectivity index (χ2n) is 7.33. The number of unbranched alkanes of at least 4 members (excludes halogenated alkanes) is 8. The first-order valence-corrected chi connectivity index (χ1v) is 10.6. The normalized spacial score (nSPS) is 11.4. The molecule has 28 heavy (non-hydrogen) atoms. The fourth-order valence-corrected chi connectivity index (χ4v) is 3.52. The molecule has 0 saturated carbocycles. The highest BCUT2D eigenvalue weighted by molar-refractivity contribution is 5.49. The number of rotatable bonds is 16. The van der Waals surface area contributed by atoms with Crippen LogP contribution in [0.4, 0.5) is 0 Å². The van der Waals surface area contributed by atoms with E-state index < -0.39 is 0 Å². The average molecular weight is 391 g/mol. The zero-order valence-corrected chi connectivity index (χ0v) is 17.2. The Hall–Kier alpha value is -1.62. The van der Waals surface area contributed by atoms with E-state index >= 15 is 0 Å². The van der Waals surface area contributed by atoms with Crippen LogP contribution in [0.5, 0.6) is 5.75 Å². The van der Waals surface area contributed by atoms with E-state index in [0.717, 1.165) is 50.5 Å². The lowest BCUT2D eigenvalue weighted by molar-refractivity contribution is 0.257. The second-order valence-corrected chi connectivity index (χ2v) is 7.33. The molecule has 0 fully saturated rings. The minimum absolute atomic E-state index is 0.0477. The molecule has 0 bridgehead atoms. The molecular formula is C24H38O4. The van der Waals surface area contributed by atoms with Gasteiger partial charge in [-0.1, -0.05) is 37.5 Å². The van der Waals surface area contributed by atoms with E-state index in [0.29, 0.717) is 16.7 Å². The number of hydrogen-bond acceptors (Lipinski definition) is 4. The first-order chi connectivity index (χ1) is 13.7. The van der Waals surface area contributed by atoms with Crippen LogP contribution in [0.25, 0.3) is 0 Å². The minimum Gasteiger partial charge on any atom is -0.507 e. The molecule has 0 aliphatic rings. The summed E-state index contributed by atoms with van der Waals surface area (Å²) in [6, 6.07) is 1.63. The van der Waals surface area contributed by atoms with Gasteiger partial charge < -0.3 is 20.4 Å². The zero-order valence-electron chi connectivity index (χ0n) is 17.2. The number of hydrogen-bond donors (Lipinski definition) is 4. The Labute approximate surface area is 170 Å². The third kappa shape index (κ3) is 8.59. The van der Waals surface area contributed by atoms with Crippen molar-refractivity contribution < 1.29 is 20.4 Å². The summed E-state index contributed by atoms with van der Waals surface area (Å²) in [6.07, 6.45) is 18.8. The summed E-state index contributed by atoms with van der Waals surface area (Å²) in [5, 5.41) is 38.7. The Morgan fingerprint density at radius 1 is 0.679 bits per heavy atom. The van der Waals surface area contributed by atoms with Crippen LogP contribution < -0.4 is 0 Å². The van der Waals surface area contributed by atoms with Gasteiger partial charge in [-0.3, -0.25) is 0 Å². The lowest BCUT2D eigenvalue weighted by atomic mass is 9.92. The molecule has 0 saturated heterocycles. The van der Waals surface area contributed by atoms with Crippen molar-refractivity contribution in [3.05, 3.63) is 53.1 Å². The van der Waals surface area contributed by atoms with E-state index in [1.54, 1.807) is 6.07 Å². The van der Waals surface area contributed by atoms with Crippen molar-refractivity contribution in [2.45, 2.75) is 90.4 Å². The summed E-state index contributed by atoms with van der Waals surface area (Å²) in [6.45, 7) is 2.98. The smallest absolute Gasteiger partial charge is 0.126 e. The molecular weight excluding hydrogens is 352 g/mol. The predicted octanol–water partition coefficient (Wildman–Crippen LogP) is 5.05. The maximum absolute atomic E-state index is 10.2. The quantitative estimate of drug-likeness (QED) is 0.235. The Bertz CT molecular complexity index is 593. The molecule has 4 N–H and O–H groups in total. The predicted molar refractivity (Wildman–Crippen MR) is 115 cm³/mol. The standard InChI is InChI=1S/C24H38O4/c1-2-3-4-5-6-7-8-9-10-11-12-13-14-15-22-20(17-25)16-21(18-26)24(28)23(22)19-27/h2,7-8,16,25-28H,1,3-6,9-15,17-19H2/b8-7-. The van der Waals surface area contributed by atoms with Crippen LogP contribution >= 0.6 is 0 Å². The van der Waals surface area contributed by atoms with Crippen LogP contribution in [0.15, 0.2) is 30.9 Å². The number of phenols is 1. The lowest BCUT2D eigenvalue weighted by Crippen LogP contribution is -2.04. The van der Waals surface area contributed by atoms with Crippen molar-refractivity contribution in [1.29, 1.82) is 0 Å². The van der Waals surface area contributed by atoms with Gasteiger partial charge in [0.05, 0.1) is 19.8 Å². The van der Waals surface area contributed by atoms with Crippen LogP contribution in [-0.4, -0.2) is 20.4 Å². The molecule has 0 amide bonds. The van der Waals surface area contributed by atoms with Gasteiger partial charge in [0.15, 0.2) is 0 Å². The third-order valence-electron chi connectivity index (χ3n) is 5.18. The molecule has 0 heterocycles. The highest BCUT2D eigenvalue weighted by Crippen LogP contribution is 2.31. The van der Waals surface area contributed by atoms with Gasteiger partial charge in [-0.15, -0.1) is 6.58 Å². The van der Waals surface area contributed by atoms with Gasteiger partial charge in [-0.05, 0) is 68.6 Å². The maximum Gasteiger partial charge on any atom is 0.126 e. The molecule has 4 nitrogen and oxygen atoms in total. The number of aliphatic hydroxyl groups excluding tert-OH is 3.